The van der Waals surface area contributed by atoms with Gasteiger partial charge in [-0.05, 0) is 12.8 Å². The van der Waals surface area contributed by atoms with E-state index in [1.54, 1.807) is 21.3 Å². The summed E-state index contributed by atoms with van der Waals surface area (Å²) in [4.78, 5) is 0. The third kappa shape index (κ3) is 19.3. The van der Waals surface area contributed by atoms with Gasteiger partial charge in [0.25, 0.3) is 0 Å². The molecule has 0 saturated heterocycles. The Morgan fingerprint density at radius 3 is 1.56 bits per heavy atom. The minimum atomic E-state index is -1.67. The van der Waals surface area contributed by atoms with Crippen molar-refractivity contribution in [2.75, 3.05) is 21.3 Å². The minimum absolute atomic E-state index is 0.682. The molecule has 0 bridgehead atoms. The lowest BCUT2D eigenvalue weighted by Crippen LogP contribution is -2.21. The van der Waals surface area contributed by atoms with E-state index in [0.717, 1.165) is 6.42 Å². The summed E-state index contributed by atoms with van der Waals surface area (Å²) in [5.74, 6) is 0. The highest BCUT2D eigenvalue weighted by Gasteiger charge is 2.17. The fourth-order valence-corrected chi connectivity index (χ4v) is 2.20. The number of hydrogen-bond donors (Lipinski definition) is 0. The third-order valence-electron chi connectivity index (χ3n) is 2.14. The van der Waals surface area contributed by atoms with E-state index in [0.29, 0.717) is 6.42 Å². The van der Waals surface area contributed by atoms with Gasteiger partial charge in [0.1, 0.15) is 0 Å². The molecule has 18 heavy (non-hydrogen) atoms. The summed E-state index contributed by atoms with van der Waals surface area (Å²) in [7, 11) is 3.05. The van der Waals surface area contributed by atoms with Gasteiger partial charge in [-0.1, -0.05) is 67.4 Å². The Hall–Kier alpha value is 0.967. The van der Waals surface area contributed by atoms with Crippen molar-refractivity contribution < 1.29 is 13.3 Å². The molecular formula is C11H25Cl3O3Si. The van der Waals surface area contributed by atoms with Crippen LogP contribution in [-0.2, 0) is 13.3 Å². The average molecular weight is 340 g/mol. The molecule has 112 valence electrons. The quantitative estimate of drug-likeness (QED) is 0.373. The maximum atomic E-state index is 5.58. The molecule has 0 rings (SSSR count). The second kappa shape index (κ2) is 14.4. The lowest BCUT2D eigenvalue weighted by molar-refractivity contribution is 0.163. The molecular weight excluding hydrogens is 315 g/mol. The Morgan fingerprint density at radius 2 is 1.28 bits per heavy atom. The zero-order chi connectivity index (χ0) is 14.4. The van der Waals surface area contributed by atoms with Gasteiger partial charge in [0, 0.05) is 21.3 Å². The average Bonchev–Trinajstić information content (AvgIpc) is 2.30. The Balaban J connectivity index is 0. The molecule has 0 unspecified atom stereocenters. The molecule has 0 heterocycles. The van der Waals surface area contributed by atoms with E-state index >= 15 is 0 Å². The Kier molecular flexibility index (Phi) is 17.0. The van der Waals surface area contributed by atoms with Crippen LogP contribution in [0.25, 0.3) is 0 Å². The summed E-state index contributed by atoms with van der Waals surface area (Å²) in [6.45, 7) is 2.19. The molecule has 7 heteroatoms. The lowest BCUT2D eigenvalue weighted by Gasteiger charge is -2.09. The fourth-order valence-electron chi connectivity index (χ4n) is 1.22. The van der Waals surface area contributed by atoms with Gasteiger partial charge in [0.2, 0.25) is 0 Å². The van der Waals surface area contributed by atoms with E-state index in [-0.39, 0.29) is 0 Å². The molecule has 0 N–H and O–H groups in total. The van der Waals surface area contributed by atoms with Crippen LogP contribution in [0.4, 0.5) is 0 Å². The number of hydrogen-bond acceptors (Lipinski definition) is 3. The van der Waals surface area contributed by atoms with Gasteiger partial charge in [0.15, 0.2) is 3.79 Å². The summed E-state index contributed by atoms with van der Waals surface area (Å²) in [5, 5.41) is 0. The van der Waals surface area contributed by atoms with E-state index in [2.05, 4.69) is 6.92 Å². The van der Waals surface area contributed by atoms with Crippen molar-refractivity contribution in [3.63, 3.8) is 0 Å². The van der Waals surface area contributed by atoms with Crippen LogP contribution in [0.2, 0.25) is 0 Å². The van der Waals surface area contributed by atoms with Crippen molar-refractivity contribution in [1.29, 1.82) is 0 Å². The van der Waals surface area contributed by atoms with E-state index in [1.165, 1.54) is 25.7 Å². The predicted octanol–water partition coefficient (Wildman–Crippen LogP) is 4.36. The molecule has 0 aliphatic carbocycles. The van der Waals surface area contributed by atoms with E-state index in [1.807, 2.05) is 0 Å². The molecule has 0 aliphatic heterocycles. The maximum absolute atomic E-state index is 5.58. The standard InChI is InChI=1S/C8H15Cl3.C3H10O3Si/c1-2-3-4-5-6-7-8(9,10)11;1-4-7(5-2)6-3/h2-7H2,1H3;7H,1-3H3. The first kappa shape index (κ1) is 21.3. The summed E-state index contributed by atoms with van der Waals surface area (Å²) in [5.41, 5.74) is 0. The normalized spacial score (nSPS) is 11.3. The van der Waals surface area contributed by atoms with Crippen LogP contribution in [0, 0.1) is 0 Å². The van der Waals surface area contributed by atoms with Gasteiger partial charge in [-0.3, -0.25) is 0 Å². The second-order valence-corrected chi connectivity index (χ2v) is 8.28. The molecule has 0 atom stereocenters. The lowest BCUT2D eigenvalue weighted by atomic mass is 10.1. The topological polar surface area (TPSA) is 27.7 Å². The summed E-state index contributed by atoms with van der Waals surface area (Å²) in [6.07, 6.45) is 6.70. The predicted molar refractivity (Wildman–Crippen MR) is 81.8 cm³/mol. The van der Waals surface area contributed by atoms with Gasteiger partial charge >= 0.3 is 9.53 Å². The van der Waals surface area contributed by atoms with Crippen molar-refractivity contribution in [3.05, 3.63) is 0 Å². The number of halogens is 3. The molecule has 0 aromatic carbocycles. The highest BCUT2D eigenvalue weighted by Crippen LogP contribution is 2.32. The summed E-state index contributed by atoms with van der Waals surface area (Å²) >= 11 is 16.7. The van der Waals surface area contributed by atoms with Crippen molar-refractivity contribution in [2.45, 2.75) is 49.2 Å². The molecule has 0 spiro atoms. The first-order valence-electron chi connectivity index (χ1n) is 6.06. The van der Waals surface area contributed by atoms with Crippen molar-refractivity contribution in [3.8, 4) is 0 Å². The molecule has 0 fully saturated rings. The Morgan fingerprint density at radius 1 is 0.833 bits per heavy atom. The molecule has 0 saturated carbocycles. The van der Waals surface area contributed by atoms with Crippen molar-refractivity contribution in [1.82, 2.24) is 0 Å². The van der Waals surface area contributed by atoms with Crippen LogP contribution in [-0.4, -0.2) is 34.6 Å². The first-order valence-corrected chi connectivity index (χ1v) is 8.61. The number of unbranched alkanes of at least 4 members (excludes halogenated alkanes) is 4. The zero-order valence-corrected chi connectivity index (χ0v) is 15.1. The molecule has 0 amide bonds. The van der Waals surface area contributed by atoms with E-state index in [9.17, 15) is 0 Å². The van der Waals surface area contributed by atoms with Crippen LogP contribution in [0.15, 0.2) is 0 Å². The first-order chi connectivity index (χ1) is 8.41. The molecule has 3 nitrogen and oxygen atoms in total. The monoisotopic (exact) mass is 338 g/mol. The van der Waals surface area contributed by atoms with Gasteiger partial charge in [-0.15, -0.1) is 0 Å². The minimum Gasteiger partial charge on any atom is -0.379 e. The smallest absolute Gasteiger partial charge is 0.379 e. The van der Waals surface area contributed by atoms with Crippen molar-refractivity contribution >= 4 is 44.3 Å². The van der Waals surface area contributed by atoms with Crippen LogP contribution in [0.1, 0.15) is 45.4 Å². The molecule has 0 aromatic heterocycles. The maximum Gasteiger partial charge on any atom is 0.483 e. The summed E-state index contributed by atoms with van der Waals surface area (Å²) < 4.78 is 13.2. The Bertz CT molecular complexity index is 159. The highest BCUT2D eigenvalue weighted by molar-refractivity contribution is 6.67. The summed E-state index contributed by atoms with van der Waals surface area (Å²) in [6, 6.07) is 0. The van der Waals surface area contributed by atoms with Gasteiger partial charge in [0.05, 0.1) is 0 Å². The number of alkyl halides is 3. The third-order valence-corrected chi connectivity index (χ3v) is 3.86. The van der Waals surface area contributed by atoms with E-state index in [4.69, 9.17) is 48.1 Å². The fraction of sp³-hybridized carbons (Fsp3) is 1.00. The molecule has 0 aromatic rings. The highest BCUT2D eigenvalue weighted by atomic mass is 35.6. The zero-order valence-electron chi connectivity index (χ0n) is 11.7. The molecule has 0 radical (unpaired) electrons. The van der Waals surface area contributed by atoms with Crippen LogP contribution in [0.5, 0.6) is 0 Å². The van der Waals surface area contributed by atoms with E-state index < -0.39 is 13.3 Å². The SMILES string of the molecule is CCCCCCCC(Cl)(Cl)Cl.CO[SiH](OC)OC. The van der Waals surface area contributed by atoms with Gasteiger partial charge < -0.3 is 13.3 Å². The van der Waals surface area contributed by atoms with Crippen molar-refractivity contribution in [2.24, 2.45) is 0 Å². The van der Waals surface area contributed by atoms with Crippen LogP contribution >= 0.6 is 34.8 Å². The van der Waals surface area contributed by atoms with Crippen LogP contribution < -0.4 is 0 Å². The largest absolute Gasteiger partial charge is 0.483 e. The second-order valence-electron chi connectivity index (χ2n) is 3.78. The Labute approximate surface area is 128 Å². The van der Waals surface area contributed by atoms with Crippen LogP contribution in [0.3, 0.4) is 0 Å². The van der Waals surface area contributed by atoms with Gasteiger partial charge in [-0.25, -0.2) is 0 Å². The van der Waals surface area contributed by atoms with Gasteiger partial charge in [-0.2, -0.15) is 0 Å². The number of rotatable bonds is 8. The molecule has 0 aliphatic rings.